The first-order chi connectivity index (χ1) is 25.9. The molecule has 4 unspecified atom stereocenters. The zero-order chi connectivity index (χ0) is 36.4. The van der Waals surface area contributed by atoms with Gasteiger partial charge in [0.15, 0.2) is 17.5 Å². The first-order valence-electron chi connectivity index (χ1n) is 19.0. The van der Waals surface area contributed by atoms with Gasteiger partial charge in [-0.05, 0) is 64.7 Å². The summed E-state index contributed by atoms with van der Waals surface area (Å²) in [6.45, 7) is 8.26. The summed E-state index contributed by atoms with van der Waals surface area (Å²) in [5.74, 6) is 5.50. The lowest BCUT2D eigenvalue weighted by atomic mass is 9.99. The fraction of sp³-hybridized carbons (Fsp3) is 0.514. The van der Waals surface area contributed by atoms with E-state index in [1.54, 1.807) is 23.8 Å². The summed E-state index contributed by atoms with van der Waals surface area (Å²) >= 11 is 0. The van der Waals surface area contributed by atoms with E-state index in [4.69, 9.17) is 36.0 Å². The van der Waals surface area contributed by atoms with Gasteiger partial charge in [-0.15, -0.1) is 10.2 Å². The van der Waals surface area contributed by atoms with E-state index in [9.17, 15) is 0 Å². The van der Waals surface area contributed by atoms with Crippen LogP contribution in [-0.2, 0) is 6.42 Å². The first-order valence-corrected chi connectivity index (χ1v) is 19.0. The van der Waals surface area contributed by atoms with E-state index in [2.05, 4.69) is 43.2 Å². The van der Waals surface area contributed by atoms with Crippen molar-refractivity contribution in [2.45, 2.75) is 116 Å². The lowest BCUT2D eigenvalue weighted by Gasteiger charge is -2.45. The van der Waals surface area contributed by atoms with Crippen molar-refractivity contribution < 1.29 is 0 Å². The number of imidazole rings is 2. The van der Waals surface area contributed by atoms with E-state index in [-0.39, 0.29) is 18.1 Å². The highest BCUT2D eigenvalue weighted by Crippen LogP contribution is 2.45. The number of aryl methyl sites for hydroxylation is 2. The van der Waals surface area contributed by atoms with Crippen LogP contribution in [0.2, 0.25) is 0 Å². The summed E-state index contributed by atoms with van der Waals surface area (Å²) in [7, 11) is 0. The first kappa shape index (κ1) is 33.3. The number of amidine groups is 1. The van der Waals surface area contributed by atoms with Crippen molar-refractivity contribution in [3.05, 3.63) is 60.5 Å². The number of rotatable bonds is 9. The SMILES string of the molecule is CCC1C(=N)N(C=N)c2cnc(-n3cnc(C)c3)nc2N1C1CCC(Cc2nnc3n2-c2cnc(-n4cnc(C)c4)nc2N(C2CCCC2)C3CC)C1. The summed E-state index contributed by atoms with van der Waals surface area (Å²) in [6, 6.07) is 0.414. The fourth-order valence-corrected chi connectivity index (χ4v) is 9.21. The second-order valence-electron chi connectivity index (χ2n) is 14.9. The van der Waals surface area contributed by atoms with Gasteiger partial charge >= 0.3 is 0 Å². The van der Waals surface area contributed by atoms with Crippen molar-refractivity contribution in [3.8, 4) is 17.6 Å². The Bertz CT molecular complexity index is 2170. The maximum atomic E-state index is 9.14. The third-order valence-corrected chi connectivity index (χ3v) is 11.6. The largest absolute Gasteiger partial charge is 0.342 e. The molecule has 5 aromatic rings. The second kappa shape index (κ2) is 13.1. The van der Waals surface area contributed by atoms with Crippen LogP contribution in [0.25, 0.3) is 17.6 Å². The summed E-state index contributed by atoms with van der Waals surface area (Å²) in [5, 5.41) is 27.1. The van der Waals surface area contributed by atoms with Crippen molar-refractivity contribution in [1.82, 2.24) is 53.8 Å². The average Bonchev–Trinajstić information content (AvgIpc) is 4.03. The van der Waals surface area contributed by atoms with Gasteiger partial charge in [-0.1, -0.05) is 26.7 Å². The van der Waals surface area contributed by atoms with Gasteiger partial charge in [0.25, 0.3) is 0 Å². The predicted octanol–water partition coefficient (Wildman–Crippen LogP) is 5.45. The van der Waals surface area contributed by atoms with Crippen molar-refractivity contribution in [2.75, 3.05) is 14.7 Å². The van der Waals surface area contributed by atoms with Crippen LogP contribution in [0.4, 0.5) is 17.3 Å². The van der Waals surface area contributed by atoms with Gasteiger partial charge < -0.3 is 9.80 Å². The molecule has 5 aromatic heterocycles. The van der Waals surface area contributed by atoms with Crippen molar-refractivity contribution in [1.29, 1.82) is 10.8 Å². The van der Waals surface area contributed by atoms with Crippen molar-refractivity contribution in [2.24, 2.45) is 5.92 Å². The third-order valence-electron chi connectivity index (χ3n) is 11.6. The third kappa shape index (κ3) is 5.48. The van der Waals surface area contributed by atoms with Gasteiger partial charge in [-0.25, -0.2) is 19.9 Å². The van der Waals surface area contributed by atoms with E-state index in [1.807, 2.05) is 41.6 Å². The molecule has 274 valence electrons. The molecule has 0 saturated heterocycles. The van der Waals surface area contributed by atoms with Crippen LogP contribution in [0.15, 0.2) is 37.4 Å². The Morgan fingerprint density at radius 2 is 1.38 bits per heavy atom. The molecule has 0 amide bonds. The summed E-state index contributed by atoms with van der Waals surface area (Å²) < 4.78 is 5.98. The van der Waals surface area contributed by atoms with Crippen LogP contribution in [0.5, 0.6) is 0 Å². The summed E-state index contributed by atoms with van der Waals surface area (Å²) in [6.07, 6.45) is 22.3. The Morgan fingerprint density at radius 3 is 1.98 bits per heavy atom. The van der Waals surface area contributed by atoms with Gasteiger partial charge in [0.2, 0.25) is 11.9 Å². The summed E-state index contributed by atoms with van der Waals surface area (Å²) in [4.78, 5) is 35.0. The molecule has 2 aliphatic heterocycles. The Balaban J connectivity index is 1.05. The van der Waals surface area contributed by atoms with Crippen LogP contribution in [0.3, 0.4) is 0 Å². The Hall–Kier alpha value is -5.54. The van der Waals surface area contributed by atoms with Gasteiger partial charge in [0.1, 0.15) is 35.7 Å². The molecule has 9 rings (SSSR count). The number of anilines is 3. The van der Waals surface area contributed by atoms with Gasteiger partial charge in [-0.2, -0.15) is 9.97 Å². The minimum Gasteiger partial charge on any atom is -0.342 e. The maximum absolute atomic E-state index is 9.14. The Morgan fingerprint density at radius 1 is 0.755 bits per heavy atom. The van der Waals surface area contributed by atoms with E-state index < -0.39 is 0 Å². The van der Waals surface area contributed by atoms with Gasteiger partial charge in [0.05, 0.1) is 42.2 Å². The highest BCUT2D eigenvalue weighted by atomic mass is 15.4. The van der Waals surface area contributed by atoms with Crippen LogP contribution >= 0.6 is 0 Å². The number of aromatic nitrogens is 11. The maximum Gasteiger partial charge on any atom is 0.236 e. The van der Waals surface area contributed by atoms with E-state index in [0.717, 1.165) is 91.7 Å². The van der Waals surface area contributed by atoms with E-state index >= 15 is 0 Å². The number of nitrogens with zero attached hydrogens (tertiary/aromatic N) is 14. The van der Waals surface area contributed by atoms with Crippen LogP contribution in [-0.4, -0.2) is 84.1 Å². The average molecular weight is 715 g/mol. The molecule has 0 spiro atoms. The molecule has 0 radical (unpaired) electrons. The molecular weight excluding hydrogens is 669 g/mol. The molecule has 2 fully saturated rings. The van der Waals surface area contributed by atoms with Crippen LogP contribution in [0, 0.1) is 30.6 Å². The summed E-state index contributed by atoms with van der Waals surface area (Å²) in [5.41, 5.74) is 3.41. The van der Waals surface area contributed by atoms with Gasteiger partial charge in [-0.3, -0.25) is 29.4 Å². The van der Waals surface area contributed by atoms with E-state index in [1.165, 1.54) is 19.2 Å². The van der Waals surface area contributed by atoms with E-state index in [0.29, 0.717) is 35.4 Å². The molecule has 2 saturated carbocycles. The molecule has 7 heterocycles. The topological polar surface area (TPSA) is 175 Å². The molecule has 53 heavy (non-hydrogen) atoms. The minimum atomic E-state index is -0.217. The number of fused-ring (bicyclic) bond motifs is 4. The Labute approximate surface area is 308 Å². The van der Waals surface area contributed by atoms with Crippen LogP contribution < -0.4 is 14.7 Å². The monoisotopic (exact) mass is 714 g/mol. The molecule has 2 N–H and O–H groups in total. The number of hydrogen-bond donors (Lipinski definition) is 2. The Kier molecular flexibility index (Phi) is 8.26. The second-order valence-corrected chi connectivity index (χ2v) is 14.9. The lowest BCUT2D eigenvalue weighted by molar-refractivity contribution is 0.461. The molecule has 0 bridgehead atoms. The molecule has 0 aromatic carbocycles. The van der Waals surface area contributed by atoms with Crippen LogP contribution in [0.1, 0.15) is 101 Å². The minimum absolute atomic E-state index is 0.0709. The molecule has 16 heteroatoms. The fourth-order valence-electron chi connectivity index (χ4n) is 9.21. The number of nitrogens with one attached hydrogen (secondary N) is 2. The normalized spacial score (nSPS) is 22.7. The van der Waals surface area contributed by atoms with Crippen molar-refractivity contribution in [3.63, 3.8) is 0 Å². The molecular formula is C37H46N16. The highest BCUT2D eigenvalue weighted by molar-refractivity contribution is 6.16. The smallest absolute Gasteiger partial charge is 0.236 e. The zero-order valence-electron chi connectivity index (χ0n) is 30.8. The predicted molar refractivity (Wildman–Crippen MR) is 201 cm³/mol. The number of hydrogen-bond acceptors (Lipinski definition) is 12. The molecule has 4 atom stereocenters. The lowest BCUT2D eigenvalue weighted by Crippen LogP contribution is -2.56. The molecule has 2 aliphatic carbocycles. The quantitative estimate of drug-likeness (QED) is 0.147. The van der Waals surface area contributed by atoms with Gasteiger partial charge in [0, 0.05) is 30.9 Å². The molecule has 16 nitrogen and oxygen atoms in total. The zero-order valence-corrected chi connectivity index (χ0v) is 30.8. The standard InChI is InChI=1S/C37H46N16/c1-5-27-32(39)50(19-38)29-15-40-36(48-17-22(3)42-20-48)44-33(29)52(27)26-12-11-24(13-26)14-31-46-47-35-28(6-2)51(25-9-7-8-10-25)34-30(53(31)35)16-41-37(45-34)49-18-23(4)43-21-49/h15-21,24-28,38-39H,5-14H2,1-4H3. The highest BCUT2D eigenvalue weighted by Gasteiger charge is 2.44. The van der Waals surface area contributed by atoms with Crippen molar-refractivity contribution >= 4 is 29.5 Å². The molecule has 4 aliphatic rings.